The molecule has 0 bridgehead atoms. The molecule has 0 saturated carbocycles. The van der Waals surface area contributed by atoms with E-state index in [0.29, 0.717) is 33.7 Å². The number of hydrogen-bond donors (Lipinski definition) is 3. The van der Waals surface area contributed by atoms with Gasteiger partial charge in [-0.3, -0.25) is 10.1 Å². The molecule has 8 heteroatoms. The fourth-order valence-electron chi connectivity index (χ4n) is 3.65. The number of aromatic hydroxyl groups is 1. The summed E-state index contributed by atoms with van der Waals surface area (Å²) in [4.78, 5) is 26.0. The molecule has 2 aromatic heterocycles. The molecule has 5 rings (SSSR count). The van der Waals surface area contributed by atoms with E-state index >= 15 is 0 Å². The van der Waals surface area contributed by atoms with Crippen molar-refractivity contribution in [1.82, 2.24) is 15.0 Å². The maximum Gasteiger partial charge on any atom is 0.270 e. The van der Waals surface area contributed by atoms with Crippen LogP contribution in [0.3, 0.4) is 0 Å². The van der Waals surface area contributed by atoms with E-state index in [1.807, 2.05) is 54.6 Å². The lowest BCUT2D eigenvalue weighted by molar-refractivity contribution is -0.384. The minimum absolute atomic E-state index is 0.0648. The third-order valence-electron chi connectivity index (χ3n) is 5.12. The number of nitro benzene ring substituents is 1. The van der Waals surface area contributed by atoms with Crippen LogP contribution in [-0.4, -0.2) is 30.7 Å². The molecule has 32 heavy (non-hydrogen) atoms. The van der Waals surface area contributed by atoms with Crippen LogP contribution in [0.25, 0.3) is 22.3 Å². The van der Waals surface area contributed by atoms with Crippen molar-refractivity contribution < 1.29 is 10.0 Å². The highest BCUT2D eigenvalue weighted by molar-refractivity contribution is 6.22. The number of aromatic nitrogens is 3. The lowest BCUT2D eigenvalue weighted by Crippen LogP contribution is -2.03. The molecular formula is C24H17N5O3. The number of rotatable bonds is 5. The van der Waals surface area contributed by atoms with E-state index in [4.69, 9.17) is 4.99 Å². The van der Waals surface area contributed by atoms with E-state index < -0.39 is 4.92 Å². The second kappa shape index (κ2) is 7.84. The summed E-state index contributed by atoms with van der Waals surface area (Å²) in [7, 11) is 0. The summed E-state index contributed by atoms with van der Waals surface area (Å²) in [6.45, 7) is 0. The van der Waals surface area contributed by atoms with Crippen molar-refractivity contribution in [1.29, 1.82) is 0 Å². The van der Waals surface area contributed by atoms with Gasteiger partial charge in [0.2, 0.25) is 0 Å². The highest BCUT2D eigenvalue weighted by Crippen LogP contribution is 2.34. The number of benzene rings is 3. The number of nitrogens with zero attached hydrogens (tertiary/aromatic N) is 3. The topological polar surface area (TPSA) is 120 Å². The van der Waals surface area contributed by atoms with Crippen molar-refractivity contribution in [3.8, 4) is 17.3 Å². The van der Waals surface area contributed by atoms with Crippen molar-refractivity contribution >= 4 is 28.0 Å². The molecule has 2 heterocycles. The number of H-pyrrole nitrogens is 2. The standard InChI is InChI=1S/C24H17N5O3/c30-24-21(19-14-18(29(31)32)9-10-20(19)28-24)22(15-5-2-1-3-6-15)27-17-8-4-7-16(13-17)23-25-11-12-26-23/h1-14,28,30H,(H,25,26). The fraction of sp³-hybridized carbons (Fsp3) is 0. The van der Waals surface area contributed by atoms with Gasteiger partial charge in [-0.25, -0.2) is 9.98 Å². The number of nitro groups is 1. The number of imidazole rings is 1. The molecule has 0 saturated heterocycles. The van der Waals surface area contributed by atoms with Crippen molar-refractivity contribution in [3.63, 3.8) is 0 Å². The Morgan fingerprint density at radius 2 is 1.88 bits per heavy atom. The van der Waals surface area contributed by atoms with Gasteiger partial charge in [0, 0.05) is 46.6 Å². The Bertz CT molecular complexity index is 1450. The van der Waals surface area contributed by atoms with Gasteiger partial charge in [-0.15, -0.1) is 0 Å². The summed E-state index contributed by atoms with van der Waals surface area (Å²) in [5, 5.41) is 22.6. The summed E-state index contributed by atoms with van der Waals surface area (Å²) in [5.41, 5.74) is 3.68. The van der Waals surface area contributed by atoms with Crippen LogP contribution < -0.4 is 0 Å². The van der Waals surface area contributed by atoms with Crippen LogP contribution in [0.1, 0.15) is 11.1 Å². The van der Waals surface area contributed by atoms with Gasteiger partial charge < -0.3 is 15.1 Å². The van der Waals surface area contributed by atoms with Gasteiger partial charge >= 0.3 is 0 Å². The molecule has 0 spiro atoms. The second-order valence-electron chi connectivity index (χ2n) is 7.15. The molecule has 0 aliphatic heterocycles. The molecule has 0 radical (unpaired) electrons. The Balaban J connectivity index is 1.74. The van der Waals surface area contributed by atoms with Gasteiger partial charge in [-0.1, -0.05) is 42.5 Å². The predicted octanol–water partition coefficient (Wildman–Crippen LogP) is 5.34. The largest absolute Gasteiger partial charge is 0.494 e. The third kappa shape index (κ3) is 3.50. The smallest absolute Gasteiger partial charge is 0.270 e. The van der Waals surface area contributed by atoms with Crippen molar-refractivity contribution in [3.05, 3.63) is 106 Å². The van der Waals surface area contributed by atoms with Crippen LogP contribution in [0, 0.1) is 10.1 Å². The number of non-ortho nitro benzene ring substituents is 1. The molecule has 0 fully saturated rings. The summed E-state index contributed by atoms with van der Waals surface area (Å²) >= 11 is 0. The van der Waals surface area contributed by atoms with Gasteiger partial charge in [-0.2, -0.15) is 0 Å². The van der Waals surface area contributed by atoms with Crippen LogP contribution in [0.4, 0.5) is 11.4 Å². The fourth-order valence-corrected chi connectivity index (χ4v) is 3.65. The van der Waals surface area contributed by atoms with Crippen molar-refractivity contribution in [2.75, 3.05) is 0 Å². The molecule has 0 aliphatic rings. The van der Waals surface area contributed by atoms with E-state index in [9.17, 15) is 15.2 Å². The summed E-state index contributed by atoms with van der Waals surface area (Å²) in [6.07, 6.45) is 3.43. The Kier molecular flexibility index (Phi) is 4.72. The van der Waals surface area contributed by atoms with E-state index in [0.717, 1.165) is 11.1 Å². The molecular weight excluding hydrogens is 406 g/mol. The summed E-state index contributed by atoms with van der Waals surface area (Å²) in [5.74, 6) is 0.610. The van der Waals surface area contributed by atoms with Crippen molar-refractivity contribution in [2.45, 2.75) is 0 Å². The first-order valence-corrected chi connectivity index (χ1v) is 9.83. The van der Waals surface area contributed by atoms with E-state index in [1.54, 1.807) is 18.5 Å². The Morgan fingerprint density at radius 1 is 1.03 bits per heavy atom. The zero-order valence-corrected chi connectivity index (χ0v) is 16.7. The first-order valence-electron chi connectivity index (χ1n) is 9.83. The normalized spacial score (nSPS) is 11.7. The molecule has 156 valence electrons. The molecule has 0 amide bonds. The van der Waals surface area contributed by atoms with Crippen LogP contribution in [0.5, 0.6) is 5.88 Å². The first-order chi connectivity index (χ1) is 15.6. The van der Waals surface area contributed by atoms with E-state index in [-0.39, 0.29) is 11.6 Å². The zero-order chi connectivity index (χ0) is 22.1. The van der Waals surface area contributed by atoms with Crippen LogP contribution >= 0.6 is 0 Å². The second-order valence-corrected chi connectivity index (χ2v) is 7.15. The van der Waals surface area contributed by atoms with E-state index in [1.165, 1.54) is 12.1 Å². The summed E-state index contributed by atoms with van der Waals surface area (Å²) in [6, 6.07) is 21.3. The minimum Gasteiger partial charge on any atom is -0.494 e. The average Bonchev–Trinajstić information content (AvgIpc) is 3.45. The monoisotopic (exact) mass is 423 g/mol. The highest BCUT2D eigenvalue weighted by Gasteiger charge is 2.21. The number of hydrogen-bond acceptors (Lipinski definition) is 5. The minimum atomic E-state index is -0.459. The Hall–Kier alpha value is -4.72. The van der Waals surface area contributed by atoms with Gasteiger partial charge in [0.25, 0.3) is 5.69 Å². The average molecular weight is 423 g/mol. The molecule has 5 aromatic rings. The van der Waals surface area contributed by atoms with E-state index in [2.05, 4.69) is 15.0 Å². The predicted molar refractivity (Wildman–Crippen MR) is 122 cm³/mol. The Morgan fingerprint density at radius 3 is 2.62 bits per heavy atom. The van der Waals surface area contributed by atoms with Crippen LogP contribution in [0.15, 0.2) is 90.2 Å². The van der Waals surface area contributed by atoms with Gasteiger partial charge in [0.05, 0.1) is 21.9 Å². The first kappa shape index (κ1) is 19.3. The molecule has 3 aromatic carbocycles. The van der Waals surface area contributed by atoms with Gasteiger partial charge in [-0.05, 0) is 18.2 Å². The molecule has 0 aliphatic carbocycles. The van der Waals surface area contributed by atoms with Gasteiger partial charge in [0.1, 0.15) is 5.82 Å². The summed E-state index contributed by atoms with van der Waals surface area (Å²) < 4.78 is 0. The SMILES string of the molecule is O=[N+]([O-])c1ccc2[nH]c(O)c(C(=Nc3cccc(-c4ncc[nH]4)c3)c3ccccc3)c2c1. The maximum atomic E-state index is 11.3. The lowest BCUT2D eigenvalue weighted by Gasteiger charge is -2.08. The van der Waals surface area contributed by atoms with Crippen LogP contribution in [-0.2, 0) is 0 Å². The number of aliphatic imine (C=N–C) groups is 1. The number of nitrogens with one attached hydrogen (secondary N) is 2. The molecule has 8 nitrogen and oxygen atoms in total. The molecule has 0 atom stereocenters. The molecule has 3 N–H and O–H groups in total. The zero-order valence-electron chi connectivity index (χ0n) is 16.7. The Labute approximate surface area is 182 Å². The van der Waals surface area contributed by atoms with Crippen LogP contribution in [0.2, 0.25) is 0 Å². The van der Waals surface area contributed by atoms with Gasteiger partial charge in [0.15, 0.2) is 5.88 Å². The number of aromatic amines is 2. The quantitative estimate of drug-likeness (QED) is 0.201. The highest BCUT2D eigenvalue weighted by atomic mass is 16.6. The third-order valence-corrected chi connectivity index (χ3v) is 5.12. The number of fused-ring (bicyclic) bond motifs is 1. The lowest BCUT2D eigenvalue weighted by atomic mass is 10.0. The molecule has 0 unspecified atom stereocenters. The van der Waals surface area contributed by atoms with Crippen molar-refractivity contribution in [2.24, 2.45) is 4.99 Å². The maximum absolute atomic E-state index is 11.3.